The molecule has 5 nitrogen and oxygen atoms in total. The minimum absolute atomic E-state index is 0.0311. The third-order valence-corrected chi connectivity index (χ3v) is 3.20. The van der Waals surface area contributed by atoms with Gasteiger partial charge in [-0.05, 0) is 38.0 Å². The van der Waals surface area contributed by atoms with Gasteiger partial charge in [-0.3, -0.25) is 4.79 Å². The Morgan fingerprint density at radius 2 is 2.05 bits per heavy atom. The zero-order valence-corrected chi connectivity index (χ0v) is 13.6. The third-order valence-electron chi connectivity index (χ3n) is 3.20. The summed E-state index contributed by atoms with van der Waals surface area (Å²) in [6, 6.07) is 6.02. The fraction of sp³-hybridized carbons (Fsp3) is 0.500. The van der Waals surface area contributed by atoms with Gasteiger partial charge in [0.2, 0.25) is 5.91 Å². The topological polar surface area (TPSA) is 65.5 Å². The van der Waals surface area contributed by atoms with Crippen molar-refractivity contribution in [1.82, 2.24) is 10.6 Å². The summed E-state index contributed by atoms with van der Waals surface area (Å²) in [6.45, 7) is 8.92. The van der Waals surface area contributed by atoms with Gasteiger partial charge in [-0.2, -0.15) is 0 Å². The number of carbonyl (C=O) groups excluding carboxylic acids is 1. The summed E-state index contributed by atoms with van der Waals surface area (Å²) in [7, 11) is 0. The maximum absolute atomic E-state index is 13.1. The van der Waals surface area contributed by atoms with E-state index in [1.807, 2.05) is 6.92 Å². The van der Waals surface area contributed by atoms with E-state index in [1.54, 1.807) is 12.1 Å². The molecule has 0 aliphatic carbocycles. The molecule has 0 aliphatic rings. The Labute approximate surface area is 131 Å². The van der Waals surface area contributed by atoms with E-state index in [1.165, 1.54) is 12.1 Å². The molecule has 0 heterocycles. The van der Waals surface area contributed by atoms with E-state index in [4.69, 9.17) is 0 Å². The second-order valence-corrected chi connectivity index (χ2v) is 5.43. The first-order valence-electron chi connectivity index (χ1n) is 7.52. The zero-order valence-electron chi connectivity index (χ0n) is 13.6. The molecule has 1 unspecified atom stereocenters. The van der Waals surface area contributed by atoms with Crippen LogP contribution < -0.4 is 16.0 Å². The van der Waals surface area contributed by atoms with E-state index in [2.05, 4.69) is 41.7 Å². The Bertz CT molecular complexity index is 517. The summed E-state index contributed by atoms with van der Waals surface area (Å²) >= 11 is 0. The number of carbonyl (C=O) groups is 1. The van der Waals surface area contributed by atoms with Crippen LogP contribution in [0, 0.1) is 11.7 Å². The summed E-state index contributed by atoms with van der Waals surface area (Å²) < 4.78 is 13.1. The van der Waals surface area contributed by atoms with Crippen LogP contribution in [0.2, 0.25) is 0 Å². The summed E-state index contributed by atoms with van der Waals surface area (Å²) in [5, 5.41) is 8.95. The quantitative estimate of drug-likeness (QED) is 0.558. The monoisotopic (exact) mass is 308 g/mol. The molecule has 1 rings (SSSR count). The molecule has 0 fully saturated rings. The smallest absolute Gasteiger partial charge is 0.246 e. The second-order valence-electron chi connectivity index (χ2n) is 5.43. The molecule has 0 saturated carbocycles. The first-order valence-corrected chi connectivity index (χ1v) is 7.52. The lowest BCUT2D eigenvalue weighted by Gasteiger charge is -2.20. The van der Waals surface area contributed by atoms with Gasteiger partial charge in [-0.25, -0.2) is 9.38 Å². The molecule has 0 radical (unpaired) electrons. The Morgan fingerprint density at radius 3 is 2.64 bits per heavy atom. The third kappa shape index (κ3) is 6.56. The average molecular weight is 308 g/mol. The zero-order chi connectivity index (χ0) is 16.5. The summed E-state index contributed by atoms with van der Waals surface area (Å²) in [6.07, 6.45) is 0. The van der Waals surface area contributed by atoms with Crippen LogP contribution in [0.4, 0.5) is 10.1 Å². The minimum Gasteiger partial charge on any atom is -0.357 e. The van der Waals surface area contributed by atoms with Crippen LogP contribution in [0.15, 0.2) is 29.3 Å². The minimum atomic E-state index is -0.387. The van der Waals surface area contributed by atoms with Gasteiger partial charge in [0.25, 0.3) is 0 Å². The highest BCUT2D eigenvalue weighted by atomic mass is 19.1. The number of amides is 1. The lowest BCUT2D eigenvalue weighted by Crippen LogP contribution is -2.44. The molecule has 1 aromatic rings. The van der Waals surface area contributed by atoms with Crippen LogP contribution in [-0.2, 0) is 4.79 Å². The van der Waals surface area contributed by atoms with Gasteiger partial charge in [0.15, 0.2) is 5.96 Å². The van der Waals surface area contributed by atoms with Crippen molar-refractivity contribution in [3.63, 3.8) is 0 Å². The first-order chi connectivity index (χ1) is 10.4. The molecule has 0 saturated heterocycles. The van der Waals surface area contributed by atoms with Crippen molar-refractivity contribution >= 4 is 17.6 Å². The predicted molar refractivity (Wildman–Crippen MR) is 88.4 cm³/mol. The maximum atomic E-state index is 13.1. The van der Waals surface area contributed by atoms with Crippen molar-refractivity contribution in [3.8, 4) is 0 Å². The Balaban J connectivity index is 2.59. The Morgan fingerprint density at radius 1 is 1.32 bits per heavy atom. The van der Waals surface area contributed by atoms with Gasteiger partial charge in [0, 0.05) is 18.3 Å². The van der Waals surface area contributed by atoms with E-state index in [-0.39, 0.29) is 24.3 Å². The van der Waals surface area contributed by atoms with E-state index >= 15 is 0 Å². The Hall–Kier alpha value is -2.11. The second kappa shape index (κ2) is 9.02. The average Bonchev–Trinajstić information content (AvgIpc) is 2.44. The van der Waals surface area contributed by atoms with E-state index in [0.717, 1.165) is 0 Å². The molecule has 1 aromatic carbocycles. The summed E-state index contributed by atoms with van der Waals surface area (Å²) in [5.41, 5.74) is 0.425. The number of nitrogens with zero attached hydrogens (tertiary/aromatic N) is 1. The van der Waals surface area contributed by atoms with Gasteiger partial charge < -0.3 is 16.0 Å². The molecule has 22 heavy (non-hydrogen) atoms. The number of aliphatic imine (C=N–C) groups is 1. The van der Waals surface area contributed by atoms with Crippen LogP contribution in [0.1, 0.15) is 27.7 Å². The van der Waals surface area contributed by atoms with Gasteiger partial charge in [-0.1, -0.05) is 19.9 Å². The first kappa shape index (κ1) is 17.9. The van der Waals surface area contributed by atoms with Crippen LogP contribution in [0.3, 0.4) is 0 Å². The van der Waals surface area contributed by atoms with Crippen molar-refractivity contribution in [2.75, 3.05) is 18.4 Å². The highest BCUT2D eigenvalue weighted by Crippen LogP contribution is 2.08. The molecule has 0 bridgehead atoms. The van der Waals surface area contributed by atoms with Gasteiger partial charge in [0.1, 0.15) is 12.4 Å². The van der Waals surface area contributed by atoms with E-state index in [9.17, 15) is 9.18 Å². The highest BCUT2D eigenvalue weighted by molar-refractivity contribution is 5.94. The number of anilines is 1. The number of halogens is 1. The Kier molecular flexibility index (Phi) is 7.36. The van der Waals surface area contributed by atoms with Crippen molar-refractivity contribution in [1.29, 1.82) is 0 Å². The molecule has 1 amide bonds. The fourth-order valence-electron chi connectivity index (χ4n) is 1.62. The van der Waals surface area contributed by atoms with E-state index in [0.29, 0.717) is 24.1 Å². The number of rotatable bonds is 6. The number of hydrogen-bond acceptors (Lipinski definition) is 2. The van der Waals surface area contributed by atoms with Crippen LogP contribution in [-0.4, -0.2) is 31.0 Å². The largest absolute Gasteiger partial charge is 0.357 e. The van der Waals surface area contributed by atoms with Gasteiger partial charge in [0.05, 0.1) is 0 Å². The van der Waals surface area contributed by atoms with Gasteiger partial charge in [-0.15, -0.1) is 0 Å². The summed E-state index contributed by atoms with van der Waals surface area (Å²) in [4.78, 5) is 16.1. The van der Waals surface area contributed by atoms with Crippen LogP contribution >= 0.6 is 0 Å². The highest BCUT2D eigenvalue weighted by Gasteiger charge is 2.09. The van der Waals surface area contributed by atoms with Crippen LogP contribution in [0.5, 0.6) is 0 Å². The van der Waals surface area contributed by atoms with Crippen molar-refractivity contribution in [3.05, 3.63) is 30.1 Å². The number of benzene rings is 1. The molecule has 122 valence electrons. The number of hydrogen-bond donors (Lipinski definition) is 3. The molecule has 3 N–H and O–H groups in total. The van der Waals surface area contributed by atoms with Crippen molar-refractivity contribution in [2.24, 2.45) is 10.9 Å². The van der Waals surface area contributed by atoms with E-state index < -0.39 is 0 Å². The van der Waals surface area contributed by atoms with Crippen molar-refractivity contribution in [2.45, 2.75) is 33.7 Å². The molecular formula is C16H25FN4O. The standard InChI is InChI=1S/C16H25FN4O/c1-5-18-16(20-12(4)11(2)3)19-10-15(22)21-14-8-6-7-13(17)9-14/h6-9,11-12H,5,10H2,1-4H3,(H,21,22)(H2,18,19,20). The molecule has 0 aromatic heterocycles. The number of nitrogens with one attached hydrogen (secondary N) is 3. The molecule has 0 aliphatic heterocycles. The fourth-order valence-corrected chi connectivity index (χ4v) is 1.62. The molecule has 1 atom stereocenters. The molecule has 6 heteroatoms. The number of guanidine groups is 1. The maximum Gasteiger partial charge on any atom is 0.246 e. The van der Waals surface area contributed by atoms with Crippen LogP contribution in [0.25, 0.3) is 0 Å². The summed E-state index contributed by atoms with van der Waals surface area (Å²) in [5.74, 6) is 0.366. The predicted octanol–water partition coefficient (Wildman–Crippen LogP) is 2.36. The molecule has 0 spiro atoms. The van der Waals surface area contributed by atoms with Gasteiger partial charge >= 0.3 is 0 Å². The SMILES string of the molecule is CCNC(=NCC(=O)Nc1cccc(F)c1)NC(C)C(C)C. The normalized spacial score (nSPS) is 12.9. The molecular weight excluding hydrogens is 283 g/mol. The lowest BCUT2D eigenvalue weighted by atomic mass is 10.1. The lowest BCUT2D eigenvalue weighted by molar-refractivity contribution is -0.114. The van der Waals surface area contributed by atoms with Crippen molar-refractivity contribution < 1.29 is 9.18 Å².